The fourth-order valence-corrected chi connectivity index (χ4v) is 3.75. The fourth-order valence-electron chi connectivity index (χ4n) is 3.75. The molecule has 2 aromatic rings. The molecule has 2 aliphatic heterocycles. The van der Waals surface area contributed by atoms with E-state index in [2.05, 4.69) is 26.6 Å². The quantitative estimate of drug-likeness (QED) is 0.919. The lowest BCUT2D eigenvalue weighted by atomic mass is 10.1. The van der Waals surface area contributed by atoms with Gasteiger partial charge in [0, 0.05) is 51.9 Å². The number of rotatable bonds is 3. The smallest absolute Gasteiger partial charge is 0.257 e. The molecule has 0 unspecified atom stereocenters. The fraction of sp³-hybridized carbons (Fsp3) is 0.588. The van der Waals surface area contributed by atoms with E-state index in [1.807, 2.05) is 4.90 Å². The third-order valence-corrected chi connectivity index (χ3v) is 5.16. The zero-order valence-corrected chi connectivity index (χ0v) is 14.2. The second-order valence-corrected chi connectivity index (χ2v) is 6.72. The molecule has 0 aliphatic carbocycles. The Morgan fingerprint density at radius 1 is 1.21 bits per heavy atom. The van der Waals surface area contributed by atoms with Gasteiger partial charge in [0.15, 0.2) is 0 Å². The average molecular weight is 328 g/mol. The van der Waals surface area contributed by atoms with Crippen molar-refractivity contribution in [3.8, 4) is 0 Å². The highest BCUT2D eigenvalue weighted by molar-refractivity contribution is 5.93. The van der Waals surface area contributed by atoms with Crippen LogP contribution in [0.25, 0.3) is 0 Å². The van der Waals surface area contributed by atoms with E-state index in [4.69, 9.17) is 4.98 Å². The minimum atomic E-state index is 0.0707. The number of amides is 1. The van der Waals surface area contributed by atoms with Crippen molar-refractivity contribution in [3.63, 3.8) is 0 Å². The summed E-state index contributed by atoms with van der Waals surface area (Å²) >= 11 is 0. The van der Waals surface area contributed by atoms with Crippen molar-refractivity contribution in [2.45, 2.75) is 39.3 Å². The lowest BCUT2D eigenvalue weighted by Gasteiger charge is -2.35. The molecule has 1 fully saturated rings. The van der Waals surface area contributed by atoms with E-state index in [1.54, 1.807) is 12.4 Å². The number of hydrogen-bond acceptors (Lipinski definition) is 4. The van der Waals surface area contributed by atoms with Crippen LogP contribution in [0.5, 0.6) is 0 Å². The maximum Gasteiger partial charge on any atom is 0.257 e. The van der Waals surface area contributed by atoms with Gasteiger partial charge in [-0.2, -0.15) is 5.10 Å². The predicted molar refractivity (Wildman–Crippen MR) is 89.7 cm³/mol. The zero-order valence-electron chi connectivity index (χ0n) is 14.2. The molecule has 4 heterocycles. The van der Waals surface area contributed by atoms with Crippen LogP contribution in [-0.2, 0) is 19.5 Å². The van der Waals surface area contributed by atoms with Gasteiger partial charge < -0.3 is 9.47 Å². The number of aromatic nitrogens is 4. The molecule has 1 amide bonds. The maximum atomic E-state index is 12.4. The van der Waals surface area contributed by atoms with E-state index in [0.717, 1.165) is 45.7 Å². The minimum absolute atomic E-state index is 0.0707. The van der Waals surface area contributed by atoms with E-state index in [-0.39, 0.29) is 5.91 Å². The van der Waals surface area contributed by atoms with Crippen LogP contribution in [0.15, 0.2) is 12.4 Å². The Bertz CT molecular complexity index is 712. The van der Waals surface area contributed by atoms with Crippen molar-refractivity contribution < 1.29 is 4.79 Å². The topological polar surface area (TPSA) is 70.1 Å². The van der Waals surface area contributed by atoms with Crippen molar-refractivity contribution in [3.05, 3.63) is 35.2 Å². The third kappa shape index (κ3) is 2.84. The lowest BCUT2D eigenvalue weighted by Crippen LogP contribution is -2.48. The summed E-state index contributed by atoms with van der Waals surface area (Å²) in [7, 11) is 0. The number of carbonyl (C=O) groups excluding carboxylic acids is 1. The average Bonchev–Trinajstić information content (AvgIpc) is 3.24. The summed E-state index contributed by atoms with van der Waals surface area (Å²) in [5.41, 5.74) is 3.17. The molecule has 0 spiro atoms. The Balaban J connectivity index is 1.39. The first-order valence-corrected chi connectivity index (χ1v) is 8.77. The van der Waals surface area contributed by atoms with Crippen LogP contribution in [0.1, 0.15) is 40.4 Å². The molecule has 1 saturated heterocycles. The molecule has 0 radical (unpaired) electrons. The second-order valence-electron chi connectivity index (χ2n) is 6.72. The molecule has 2 aliphatic rings. The lowest BCUT2D eigenvalue weighted by molar-refractivity contribution is 0.0625. The van der Waals surface area contributed by atoms with Gasteiger partial charge in [0.05, 0.1) is 23.1 Å². The van der Waals surface area contributed by atoms with Gasteiger partial charge in [0.25, 0.3) is 5.91 Å². The van der Waals surface area contributed by atoms with Crippen LogP contribution in [0, 0.1) is 6.92 Å². The molecule has 2 aromatic heterocycles. The van der Waals surface area contributed by atoms with E-state index in [1.165, 1.54) is 30.1 Å². The number of nitrogens with zero attached hydrogens (tertiary/aromatic N) is 5. The van der Waals surface area contributed by atoms with Gasteiger partial charge >= 0.3 is 0 Å². The number of carbonyl (C=O) groups is 1. The summed E-state index contributed by atoms with van der Waals surface area (Å²) in [6, 6.07) is 0. The highest BCUT2D eigenvalue weighted by Crippen LogP contribution is 2.21. The zero-order chi connectivity index (χ0) is 16.5. The number of fused-ring (bicyclic) bond motifs is 1. The monoisotopic (exact) mass is 328 g/mol. The van der Waals surface area contributed by atoms with Gasteiger partial charge in [0.1, 0.15) is 5.82 Å². The molecule has 128 valence electrons. The van der Waals surface area contributed by atoms with Crippen LogP contribution in [0.4, 0.5) is 0 Å². The van der Waals surface area contributed by atoms with Crippen molar-refractivity contribution in [1.29, 1.82) is 0 Å². The molecule has 1 N–H and O–H groups in total. The molecule has 0 saturated carbocycles. The largest absolute Gasteiger partial charge is 0.336 e. The standard InChI is InChI=1S/C17H24N6O/c1-13-15(23-5-3-2-4-16(23)20-13)12-21-6-8-22(9-7-21)17(24)14-10-18-19-11-14/h10-11H,2-9,12H2,1H3,(H,18,19). The van der Waals surface area contributed by atoms with Crippen molar-refractivity contribution in [2.75, 3.05) is 26.2 Å². The molecule has 24 heavy (non-hydrogen) atoms. The summed E-state index contributed by atoms with van der Waals surface area (Å²) < 4.78 is 2.42. The Labute approximate surface area is 141 Å². The highest BCUT2D eigenvalue weighted by Gasteiger charge is 2.25. The van der Waals surface area contributed by atoms with Crippen LogP contribution in [-0.4, -0.2) is 61.6 Å². The molecule has 7 nitrogen and oxygen atoms in total. The van der Waals surface area contributed by atoms with Crippen LogP contribution < -0.4 is 0 Å². The summed E-state index contributed by atoms with van der Waals surface area (Å²) in [6.45, 7) is 7.51. The Morgan fingerprint density at radius 3 is 2.79 bits per heavy atom. The number of piperazine rings is 1. The minimum Gasteiger partial charge on any atom is -0.336 e. The van der Waals surface area contributed by atoms with Gasteiger partial charge in [-0.15, -0.1) is 0 Å². The Morgan fingerprint density at radius 2 is 2.04 bits per heavy atom. The maximum absolute atomic E-state index is 12.4. The molecule has 0 bridgehead atoms. The molecule has 7 heteroatoms. The molecule has 0 aromatic carbocycles. The molecular weight excluding hydrogens is 304 g/mol. The predicted octanol–water partition coefficient (Wildman–Crippen LogP) is 1.21. The summed E-state index contributed by atoms with van der Waals surface area (Å²) in [6.07, 6.45) is 6.87. The third-order valence-electron chi connectivity index (χ3n) is 5.16. The number of H-pyrrole nitrogens is 1. The molecule has 0 atom stereocenters. The van der Waals surface area contributed by atoms with Gasteiger partial charge in [-0.3, -0.25) is 14.8 Å². The summed E-state index contributed by atoms with van der Waals surface area (Å²) in [5.74, 6) is 1.32. The Hall–Kier alpha value is -2.15. The van der Waals surface area contributed by atoms with Crippen molar-refractivity contribution in [2.24, 2.45) is 0 Å². The van der Waals surface area contributed by atoms with Crippen molar-refractivity contribution in [1.82, 2.24) is 29.5 Å². The first kappa shape index (κ1) is 15.4. The Kier molecular flexibility index (Phi) is 4.10. The summed E-state index contributed by atoms with van der Waals surface area (Å²) in [5, 5.41) is 6.57. The number of hydrogen-bond donors (Lipinski definition) is 1. The van der Waals surface area contributed by atoms with Gasteiger partial charge in [-0.1, -0.05) is 0 Å². The number of aromatic amines is 1. The van der Waals surface area contributed by atoms with Gasteiger partial charge in [0.2, 0.25) is 0 Å². The van der Waals surface area contributed by atoms with Crippen molar-refractivity contribution >= 4 is 5.91 Å². The van der Waals surface area contributed by atoms with E-state index in [9.17, 15) is 4.79 Å². The molecular formula is C17H24N6O. The van der Waals surface area contributed by atoms with Gasteiger partial charge in [-0.05, 0) is 19.8 Å². The highest BCUT2D eigenvalue weighted by atomic mass is 16.2. The van der Waals surface area contributed by atoms with Crippen LogP contribution >= 0.6 is 0 Å². The summed E-state index contributed by atoms with van der Waals surface area (Å²) in [4.78, 5) is 21.5. The van der Waals surface area contributed by atoms with E-state index >= 15 is 0 Å². The van der Waals surface area contributed by atoms with Crippen LogP contribution in [0.3, 0.4) is 0 Å². The SMILES string of the molecule is Cc1nc2n(c1CN1CCN(C(=O)c3cn[nH]c3)CC1)CCCC2. The molecule has 4 rings (SSSR count). The number of aryl methyl sites for hydroxylation is 2. The number of nitrogens with one attached hydrogen (secondary N) is 1. The first-order chi connectivity index (χ1) is 11.7. The van der Waals surface area contributed by atoms with Crippen LogP contribution in [0.2, 0.25) is 0 Å². The normalized spacial score (nSPS) is 18.6. The second kappa shape index (κ2) is 6.39. The number of imidazole rings is 1. The van der Waals surface area contributed by atoms with E-state index < -0.39 is 0 Å². The van der Waals surface area contributed by atoms with Gasteiger partial charge in [-0.25, -0.2) is 4.98 Å². The first-order valence-electron chi connectivity index (χ1n) is 8.77. The van der Waals surface area contributed by atoms with E-state index in [0.29, 0.717) is 5.56 Å².